The first-order valence-electron chi connectivity index (χ1n) is 11.0. The van der Waals surface area contributed by atoms with Crippen molar-refractivity contribution >= 4 is 41.5 Å². The molecule has 3 N–H and O–H groups in total. The molecule has 0 aromatic rings. The van der Waals surface area contributed by atoms with Gasteiger partial charge in [0.1, 0.15) is 0 Å². The second-order valence-electron chi connectivity index (χ2n) is 8.07. The van der Waals surface area contributed by atoms with Crippen LogP contribution in [0.4, 0.5) is 4.79 Å². The predicted octanol–water partition coefficient (Wildman–Crippen LogP) is 0.996. The van der Waals surface area contributed by atoms with E-state index in [0.29, 0.717) is 29.7 Å². The van der Waals surface area contributed by atoms with Crippen LogP contribution >= 0.6 is 11.8 Å². The van der Waals surface area contributed by atoms with Gasteiger partial charge in [-0.05, 0) is 25.7 Å². The zero-order valence-corrected chi connectivity index (χ0v) is 18.3. The van der Waals surface area contributed by atoms with Crippen LogP contribution in [0.3, 0.4) is 0 Å². The summed E-state index contributed by atoms with van der Waals surface area (Å²) in [4.78, 5) is 62.6. The normalized spacial score (nSPS) is 24.7. The summed E-state index contributed by atoms with van der Waals surface area (Å²) in [7, 11) is 0. The summed E-state index contributed by atoms with van der Waals surface area (Å²) in [5.41, 5.74) is 0. The number of amides is 5. The van der Waals surface area contributed by atoms with E-state index in [2.05, 4.69) is 16.0 Å². The standard InChI is InChI=1S/C20H30N4O6S/c25-15(7-4-3-6-14-19-13(12-31-14)22-20(29)23-19)21-11-5-1-2-8-18(28)30-24-16(26)9-10-17(24)27/h13-14,19H,1-12H2,(H,21,25)(H2,22,23,29). The minimum Gasteiger partial charge on any atom is -0.356 e. The van der Waals surface area contributed by atoms with Crippen molar-refractivity contribution in [1.29, 1.82) is 0 Å². The Morgan fingerprint density at radius 1 is 1.00 bits per heavy atom. The van der Waals surface area contributed by atoms with Gasteiger partial charge in [-0.1, -0.05) is 12.8 Å². The van der Waals surface area contributed by atoms with E-state index in [-0.39, 0.29) is 43.3 Å². The van der Waals surface area contributed by atoms with Gasteiger partial charge in [0, 0.05) is 43.2 Å². The molecule has 0 aliphatic carbocycles. The maximum Gasteiger partial charge on any atom is 0.333 e. The second-order valence-corrected chi connectivity index (χ2v) is 9.35. The van der Waals surface area contributed by atoms with Crippen LogP contribution in [0.2, 0.25) is 0 Å². The fourth-order valence-electron chi connectivity index (χ4n) is 3.97. The Labute approximate surface area is 185 Å². The van der Waals surface area contributed by atoms with Crippen molar-refractivity contribution in [3.8, 4) is 0 Å². The molecule has 3 fully saturated rings. The molecule has 3 aliphatic heterocycles. The Bertz CT molecular complexity index is 702. The summed E-state index contributed by atoms with van der Waals surface area (Å²) in [6.07, 6.45) is 5.60. The number of thioether (sulfide) groups is 1. The first-order chi connectivity index (χ1) is 14.9. The topological polar surface area (TPSA) is 134 Å². The van der Waals surface area contributed by atoms with Gasteiger partial charge in [0.2, 0.25) is 5.91 Å². The maximum atomic E-state index is 11.9. The van der Waals surface area contributed by atoms with Gasteiger partial charge in [-0.15, -0.1) is 5.06 Å². The number of hydroxylamine groups is 2. The Morgan fingerprint density at radius 2 is 1.74 bits per heavy atom. The number of fused-ring (bicyclic) bond motifs is 1. The maximum absolute atomic E-state index is 11.9. The van der Waals surface area contributed by atoms with Crippen LogP contribution in [0.15, 0.2) is 0 Å². The van der Waals surface area contributed by atoms with Gasteiger partial charge in [0.15, 0.2) is 0 Å². The van der Waals surface area contributed by atoms with E-state index in [9.17, 15) is 24.0 Å². The molecule has 0 aromatic heterocycles. The van der Waals surface area contributed by atoms with Crippen LogP contribution in [0.1, 0.15) is 64.2 Å². The molecule has 0 saturated carbocycles. The van der Waals surface area contributed by atoms with Crippen molar-refractivity contribution in [3.63, 3.8) is 0 Å². The van der Waals surface area contributed by atoms with E-state index in [0.717, 1.165) is 37.9 Å². The lowest BCUT2D eigenvalue weighted by Gasteiger charge is -2.16. The zero-order valence-electron chi connectivity index (χ0n) is 17.5. The van der Waals surface area contributed by atoms with Crippen molar-refractivity contribution in [2.45, 2.75) is 81.5 Å². The fraction of sp³-hybridized carbons (Fsp3) is 0.750. The minimum absolute atomic E-state index is 0.0262. The molecule has 3 unspecified atom stereocenters. The molecule has 0 radical (unpaired) electrons. The summed E-state index contributed by atoms with van der Waals surface area (Å²) in [6.45, 7) is 0.552. The van der Waals surface area contributed by atoms with Crippen LogP contribution < -0.4 is 16.0 Å². The Morgan fingerprint density at radius 3 is 2.52 bits per heavy atom. The first kappa shape index (κ1) is 23.4. The Hall–Kier alpha value is -2.30. The van der Waals surface area contributed by atoms with Crippen LogP contribution in [0, 0.1) is 0 Å². The molecule has 0 spiro atoms. The molecular formula is C20H30N4O6S. The molecule has 3 heterocycles. The van der Waals surface area contributed by atoms with Gasteiger partial charge in [0.05, 0.1) is 12.1 Å². The third-order valence-electron chi connectivity index (χ3n) is 5.66. The van der Waals surface area contributed by atoms with Gasteiger partial charge >= 0.3 is 12.0 Å². The van der Waals surface area contributed by atoms with Crippen molar-refractivity contribution in [2.24, 2.45) is 0 Å². The van der Waals surface area contributed by atoms with Gasteiger partial charge < -0.3 is 20.8 Å². The molecule has 0 bridgehead atoms. The van der Waals surface area contributed by atoms with Crippen LogP contribution in [-0.4, -0.2) is 64.4 Å². The van der Waals surface area contributed by atoms with Crippen LogP contribution in [0.5, 0.6) is 0 Å². The minimum atomic E-state index is -0.590. The van der Waals surface area contributed by atoms with E-state index < -0.39 is 17.8 Å². The van der Waals surface area contributed by atoms with E-state index in [1.807, 2.05) is 11.8 Å². The summed E-state index contributed by atoms with van der Waals surface area (Å²) in [5.74, 6) is -0.574. The smallest absolute Gasteiger partial charge is 0.333 e. The third kappa shape index (κ3) is 6.84. The average molecular weight is 455 g/mol. The molecule has 11 heteroatoms. The lowest BCUT2D eigenvalue weighted by molar-refractivity contribution is -0.197. The molecule has 0 aromatic carbocycles. The van der Waals surface area contributed by atoms with Crippen molar-refractivity contribution in [3.05, 3.63) is 0 Å². The monoisotopic (exact) mass is 454 g/mol. The highest BCUT2D eigenvalue weighted by atomic mass is 32.2. The number of nitrogens with one attached hydrogen (secondary N) is 3. The van der Waals surface area contributed by atoms with Crippen LogP contribution in [-0.2, 0) is 24.0 Å². The van der Waals surface area contributed by atoms with E-state index in [1.165, 1.54) is 0 Å². The number of carbonyl (C=O) groups excluding carboxylic acids is 5. The van der Waals surface area contributed by atoms with Gasteiger partial charge in [-0.2, -0.15) is 11.8 Å². The van der Waals surface area contributed by atoms with Gasteiger partial charge in [-0.25, -0.2) is 9.59 Å². The number of carbonyl (C=O) groups is 5. The molecular weight excluding hydrogens is 424 g/mol. The van der Waals surface area contributed by atoms with Gasteiger partial charge in [-0.3, -0.25) is 14.4 Å². The van der Waals surface area contributed by atoms with E-state index >= 15 is 0 Å². The average Bonchev–Trinajstić information content (AvgIpc) is 3.38. The number of hydrogen-bond acceptors (Lipinski definition) is 7. The Kier molecular flexibility index (Phi) is 8.56. The molecule has 3 aliphatic rings. The van der Waals surface area contributed by atoms with Gasteiger partial charge in [0.25, 0.3) is 11.8 Å². The summed E-state index contributed by atoms with van der Waals surface area (Å²) >= 11 is 1.88. The number of urea groups is 1. The number of nitrogens with zero attached hydrogens (tertiary/aromatic N) is 1. The highest BCUT2D eigenvalue weighted by molar-refractivity contribution is 8.00. The highest BCUT2D eigenvalue weighted by Crippen LogP contribution is 2.33. The van der Waals surface area contributed by atoms with Crippen molar-refractivity contribution < 1.29 is 28.8 Å². The number of unbranched alkanes of at least 4 members (excludes halogenated alkanes) is 3. The van der Waals surface area contributed by atoms with Crippen LogP contribution in [0.25, 0.3) is 0 Å². The van der Waals surface area contributed by atoms with Crippen molar-refractivity contribution in [1.82, 2.24) is 21.0 Å². The van der Waals surface area contributed by atoms with E-state index in [1.54, 1.807) is 0 Å². The fourth-order valence-corrected chi connectivity index (χ4v) is 5.51. The summed E-state index contributed by atoms with van der Waals surface area (Å²) < 4.78 is 0. The number of rotatable bonds is 12. The lowest BCUT2D eigenvalue weighted by Crippen LogP contribution is -2.36. The third-order valence-corrected chi connectivity index (χ3v) is 7.17. The number of imide groups is 1. The first-order valence-corrected chi connectivity index (χ1v) is 12.0. The highest BCUT2D eigenvalue weighted by Gasteiger charge is 2.42. The summed E-state index contributed by atoms with van der Waals surface area (Å²) in [5, 5.41) is 9.77. The molecule has 3 rings (SSSR count). The quantitative estimate of drug-likeness (QED) is 0.227. The second kappa shape index (κ2) is 11.4. The predicted molar refractivity (Wildman–Crippen MR) is 113 cm³/mol. The lowest BCUT2D eigenvalue weighted by atomic mass is 10.0. The zero-order chi connectivity index (χ0) is 22.2. The molecule has 3 saturated heterocycles. The molecule has 5 amide bonds. The Balaban J connectivity index is 1.15. The molecule has 3 atom stereocenters. The number of hydrogen-bond donors (Lipinski definition) is 3. The van der Waals surface area contributed by atoms with E-state index in [4.69, 9.17) is 4.84 Å². The molecule has 10 nitrogen and oxygen atoms in total. The molecule has 172 valence electrons. The SMILES string of the molecule is O=C(CCCCC1SCC2NC(=O)NC21)NCCCCCC(=O)ON1C(=O)CCC1=O. The largest absolute Gasteiger partial charge is 0.356 e. The van der Waals surface area contributed by atoms with Crippen molar-refractivity contribution in [2.75, 3.05) is 12.3 Å². The summed E-state index contributed by atoms with van der Waals surface area (Å²) in [6, 6.07) is 0.367. The molecule has 31 heavy (non-hydrogen) atoms.